The van der Waals surface area contributed by atoms with Crippen LogP contribution in [0.15, 0.2) is 24.3 Å². The van der Waals surface area contributed by atoms with E-state index in [1.165, 1.54) is 13.2 Å². The molecule has 21 heavy (non-hydrogen) atoms. The van der Waals surface area contributed by atoms with E-state index in [2.05, 4.69) is 10.6 Å². The maximum atomic E-state index is 13.6. The molecular formula is C14H19FN2O4. The molecule has 2 atom stereocenters. The number of urea groups is 1. The third-order valence-electron chi connectivity index (χ3n) is 2.93. The van der Waals surface area contributed by atoms with Crippen LogP contribution in [0, 0.1) is 5.82 Å². The average Bonchev–Trinajstić information content (AvgIpc) is 2.43. The van der Waals surface area contributed by atoms with Crippen LogP contribution >= 0.6 is 0 Å². The van der Waals surface area contributed by atoms with Crippen molar-refractivity contribution < 1.29 is 23.8 Å². The van der Waals surface area contributed by atoms with E-state index in [0.717, 1.165) is 0 Å². The first-order valence-electron chi connectivity index (χ1n) is 6.49. The van der Waals surface area contributed by atoms with Gasteiger partial charge in [-0.1, -0.05) is 18.2 Å². The summed E-state index contributed by atoms with van der Waals surface area (Å²) in [6, 6.07) is 3.75. The lowest BCUT2D eigenvalue weighted by Gasteiger charge is -2.18. The van der Waals surface area contributed by atoms with Crippen molar-refractivity contribution in [2.24, 2.45) is 0 Å². The van der Waals surface area contributed by atoms with Gasteiger partial charge in [0.15, 0.2) is 0 Å². The molecule has 7 heteroatoms. The standard InChI is InChI=1S/C14H19FN2O4/c1-9(10-5-3-4-6-11(10)15)16-14(20)17-12(13(18)19)7-8-21-2/h3-6,9,12H,7-8H2,1-2H3,(H,18,19)(H2,16,17,20). The Morgan fingerprint density at radius 2 is 2.00 bits per heavy atom. The van der Waals surface area contributed by atoms with E-state index in [4.69, 9.17) is 9.84 Å². The van der Waals surface area contributed by atoms with E-state index in [9.17, 15) is 14.0 Å². The average molecular weight is 298 g/mol. The van der Waals surface area contributed by atoms with Gasteiger partial charge in [0.1, 0.15) is 11.9 Å². The van der Waals surface area contributed by atoms with Gasteiger partial charge in [0.25, 0.3) is 0 Å². The Bertz CT molecular complexity index is 496. The Morgan fingerprint density at radius 1 is 1.33 bits per heavy atom. The summed E-state index contributed by atoms with van der Waals surface area (Å²) < 4.78 is 18.4. The zero-order valence-corrected chi connectivity index (χ0v) is 11.9. The van der Waals surface area contributed by atoms with Gasteiger partial charge in [0.2, 0.25) is 0 Å². The molecule has 116 valence electrons. The Labute approximate surface area is 122 Å². The largest absolute Gasteiger partial charge is 0.480 e. The van der Waals surface area contributed by atoms with Gasteiger partial charge in [-0.05, 0) is 13.0 Å². The molecule has 1 aromatic rings. The quantitative estimate of drug-likeness (QED) is 0.714. The summed E-state index contributed by atoms with van der Waals surface area (Å²) in [6.45, 7) is 1.82. The van der Waals surface area contributed by atoms with E-state index in [1.54, 1.807) is 25.1 Å². The molecule has 0 aliphatic carbocycles. The second-order valence-corrected chi connectivity index (χ2v) is 4.53. The Kier molecular flexibility index (Phi) is 6.61. The SMILES string of the molecule is COCCC(NC(=O)NC(C)c1ccccc1F)C(=O)O. The molecule has 0 fully saturated rings. The zero-order valence-electron chi connectivity index (χ0n) is 11.9. The van der Waals surface area contributed by atoms with Crippen molar-refractivity contribution in [1.82, 2.24) is 10.6 Å². The fraction of sp³-hybridized carbons (Fsp3) is 0.429. The van der Waals surface area contributed by atoms with Crippen LogP contribution in [0.3, 0.4) is 0 Å². The van der Waals surface area contributed by atoms with Gasteiger partial charge in [0.05, 0.1) is 6.04 Å². The van der Waals surface area contributed by atoms with Crippen molar-refractivity contribution in [2.45, 2.75) is 25.4 Å². The minimum atomic E-state index is -1.15. The summed E-state index contributed by atoms with van der Waals surface area (Å²) >= 11 is 0. The first-order chi connectivity index (χ1) is 9.95. The summed E-state index contributed by atoms with van der Waals surface area (Å²) in [5, 5.41) is 13.8. The van der Waals surface area contributed by atoms with Crippen LogP contribution in [0.2, 0.25) is 0 Å². The van der Waals surface area contributed by atoms with Crippen molar-refractivity contribution in [3.63, 3.8) is 0 Å². The number of carboxylic acid groups (broad SMARTS) is 1. The molecule has 0 bridgehead atoms. The molecule has 0 heterocycles. The number of hydrogen-bond acceptors (Lipinski definition) is 3. The number of benzene rings is 1. The second-order valence-electron chi connectivity index (χ2n) is 4.53. The van der Waals surface area contributed by atoms with Crippen LogP contribution in [0.25, 0.3) is 0 Å². The fourth-order valence-corrected chi connectivity index (χ4v) is 1.79. The number of ether oxygens (including phenoxy) is 1. The normalized spacial score (nSPS) is 13.3. The molecule has 0 spiro atoms. The topological polar surface area (TPSA) is 87.7 Å². The molecule has 0 saturated carbocycles. The van der Waals surface area contributed by atoms with Gasteiger partial charge in [-0.25, -0.2) is 14.0 Å². The third-order valence-corrected chi connectivity index (χ3v) is 2.93. The summed E-state index contributed by atoms with van der Waals surface area (Å²) in [4.78, 5) is 22.8. The van der Waals surface area contributed by atoms with Gasteiger partial charge in [-0.15, -0.1) is 0 Å². The number of hydrogen-bond donors (Lipinski definition) is 3. The molecule has 3 N–H and O–H groups in total. The number of amides is 2. The lowest BCUT2D eigenvalue weighted by molar-refractivity contribution is -0.139. The number of nitrogens with one attached hydrogen (secondary N) is 2. The second kappa shape index (κ2) is 8.21. The van der Waals surface area contributed by atoms with Gasteiger partial charge >= 0.3 is 12.0 Å². The van der Waals surface area contributed by atoms with Crippen LogP contribution in [0.4, 0.5) is 9.18 Å². The molecule has 0 saturated heterocycles. The van der Waals surface area contributed by atoms with Crippen LogP contribution in [-0.4, -0.2) is 36.9 Å². The number of carbonyl (C=O) groups is 2. The number of methoxy groups -OCH3 is 1. The van der Waals surface area contributed by atoms with Crippen LogP contribution in [0.1, 0.15) is 24.9 Å². The molecule has 1 aromatic carbocycles. The van der Waals surface area contributed by atoms with E-state index in [1.807, 2.05) is 0 Å². The van der Waals surface area contributed by atoms with E-state index >= 15 is 0 Å². The molecule has 1 rings (SSSR count). The Morgan fingerprint density at radius 3 is 2.57 bits per heavy atom. The van der Waals surface area contributed by atoms with Gasteiger partial charge < -0.3 is 20.5 Å². The van der Waals surface area contributed by atoms with Crippen molar-refractivity contribution in [3.8, 4) is 0 Å². The Hall–Kier alpha value is -2.15. The fourth-order valence-electron chi connectivity index (χ4n) is 1.79. The van der Waals surface area contributed by atoms with Crippen molar-refractivity contribution >= 4 is 12.0 Å². The molecular weight excluding hydrogens is 279 g/mol. The smallest absolute Gasteiger partial charge is 0.326 e. The maximum Gasteiger partial charge on any atom is 0.326 e. The van der Waals surface area contributed by atoms with Crippen molar-refractivity contribution in [2.75, 3.05) is 13.7 Å². The van der Waals surface area contributed by atoms with Gasteiger partial charge in [-0.2, -0.15) is 0 Å². The molecule has 2 amide bonds. The molecule has 0 aliphatic rings. The number of carbonyl (C=O) groups excluding carboxylic acids is 1. The summed E-state index contributed by atoms with van der Waals surface area (Å²) in [6.07, 6.45) is 0.146. The molecule has 6 nitrogen and oxygen atoms in total. The van der Waals surface area contributed by atoms with E-state index in [0.29, 0.717) is 5.56 Å². The van der Waals surface area contributed by atoms with E-state index < -0.39 is 29.9 Å². The Balaban J connectivity index is 2.59. The zero-order chi connectivity index (χ0) is 15.8. The highest BCUT2D eigenvalue weighted by atomic mass is 19.1. The number of carboxylic acids is 1. The molecule has 2 unspecified atom stereocenters. The summed E-state index contributed by atoms with van der Waals surface area (Å²) in [7, 11) is 1.44. The molecule has 0 aromatic heterocycles. The van der Waals surface area contributed by atoms with Crippen LogP contribution < -0.4 is 10.6 Å². The maximum absolute atomic E-state index is 13.6. The van der Waals surface area contributed by atoms with Gasteiger partial charge in [-0.3, -0.25) is 0 Å². The van der Waals surface area contributed by atoms with Crippen molar-refractivity contribution in [1.29, 1.82) is 0 Å². The predicted octanol–water partition coefficient (Wildman–Crippen LogP) is 1.68. The first-order valence-corrected chi connectivity index (χ1v) is 6.49. The highest BCUT2D eigenvalue weighted by Crippen LogP contribution is 2.15. The highest BCUT2D eigenvalue weighted by Gasteiger charge is 2.21. The third kappa shape index (κ3) is 5.39. The van der Waals surface area contributed by atoms with Gasteiger partial charge in [0, 0.05) is 25.7 Å². The number of halogens is 1. The predicted molar refractivity (Wildman–Crippen MR) is 74.4 cm³/mol. The number of aliphatic carboxylic acids is 1. The molecule has 0 radical (unpaired) electrons. The minimum absolute atomic E-state index is 0.146. The van der Waals surface area contributed by atoms with Crippen LogP contribution in [0.5, 0.6) is 0 Å². The summed E-state index contributed by atoms with van der Waals surface area (Å²) in [5.74, 6) is -1.58. The van der Waals surface area contributed by atoms with Crippen molar-refractivity contribution in [3.05, 3.63) is 35.6 Å². The lowest BCUT2D eigenvalue weighted by atomic mass is 10.1. The minimum Gasteiger partial charge on any atom is -0.480 e. The van der Waals surface area contributed by atoms with Crippen LogP contribution in [-0.2, 0) is 9.53 Å². The lowest BCUT2D eigenvalue weighted by Crippen LogP contribution is -2.47. The highest BCUT2D eigenvalue weighted by molar-refractivity contribution is 5.82. The molecule has 0 aliphatic heterocycles. The van der Waals surface area contributed by atoms with E-state index in [-0.39, 0.29) is 13.0 Å². The number of rotatable bonds is 7. The first kappa shape index (κ1) is 16.9. The summed E-state index contributed by atoms with van der Waals surface area (Å²) in [5.41, 5.74) is 0.330. The monoisotopic (exact) mass is 298 g/mol.